The predicted molar refractivity (Wildman–Crippen MR) is 70.9 cm³/mol. The standard InChI is InChI=1S/C13H24N2O4/c1-10(2)8-14-11(16)9-15-6-4-13(19-3,5-7-15)12(17)18/h10H,4-9H2,1-3H3,(H,14,16)(H,17,18). The minimum absolute atomic E-state index is 0.00561. The number of amides is 1. The van der Waals surface area contributed by atoms with Gasteiger partial charge in [0.2, 0.25) is 5.91 Å². The highest BCUT2D eigenvalue weighted by molar-refractivity contribution is 5.79. The molecule has 6 heteroatoms. The Bertz CT molecular complexity index is 323. The number of carbonyl (C=O) groups is 2. The van der Waals surface area contributed by atoms with E-state index in [1.54, 1.807) is 0 Å². The fourth-order valence-corrected chi connectivity index (χ4v) is 2.15. The van der Waals surface area contributed by atoms with Crippen LogP contribution < -0.4 is 5.32 Å². The molecule has 19 heavy (non-hydrogen) atoms. The lowest BCUT2D eigenvalue weighted by molar-refractivity contribution is -0.168. The van der Waals surface area contributed by atoms with E-state index in [1.807, 2.05) is 18.7 Å². The molecule has 1 heterocycles. The topological polar surface area (TPSA) is 78.9 Å². The average Bonchev–Trinajstić information content (AvgIpc) is 2.37. The number of ether oxygens (including phenoxy) is 1. The Morgan fingerprint density at radius 3 is 2.37 bits per heavy atom. The third kappa shape index (κ3) is 4.47. The van der Waals surface area contributed by atoms with Gasteiger partial charge in [-0.2, -0.15) is 0 Å². The summed E-state index contributed by atoms with van der Waals surface area (Å²) in [5.41, 5.74) is -1.08. The molecular formula is C13H24N2O4. The summed E-state index contributed by atoms with van der Waals surface area (Å²) in [7, 11) is 1.43. The number of hydrogen-bond acceptors (Lipinski definition) is 4. The van der Waals surface area contributed by atoms with Crippen molar-refractivity contribution >= 4 is 11.9 Å². The first kappa shape index (κ1) is 15.9. The van der Waals surface area contributed by atoms with E-state index in [1.165, 1.54) is 7.11 Å². The molecule has 0 unspecified atom stereocenters. The van der Waals surface area contributed by atoms with E-state index < -0.39 is 11.6 Å². The lowest BCUT2D eigenvalue weighted by atomic mass is 9.91. The molecule has 0 saturated carbocycles. The molecule has 1 amide bonds. The quantitative estimate of drug-likeness (QED) is 0.728. The lowest BCUT2D eigenvalue weighted by Crippen LogP contribution is -2.52. The largest absolute Gasteiger partial charge is 0.479 e. The SMILES string of the molecule is COC1(C(=O)O)CCN(CC(=O)NCC(C)C)CC1. The van der Waals surface area contributed by atoms with Crippen LogP contribution in [0.5, 0.6) is 0 Å². The van der Waals surface area contributed by atoms with Gasteiger partial charge < -0.3 is 15.2 Å². The highest BCUT2D eigenvalue weighted by atomic mass is 16.5. The normalized spacial score (nSPS) is 19.4. The van der Waals surface area contributed by atoms with Gasteiger partial charge in [-0.05, 0) is 18.8 Å². The Morgan fingerprint density at radius 1 is 1.37 bits per heavy atom. The number of piperidine rings is 1. The second-order valence-corrected chi connectivity index (χ2v) is 5.48. The molecule has 0 bridgehead atoms. The number of methoxy groups -OCH3 is 1. The van der Waals surface area contributed by atoms with E-state index in [9.17, 15) is 14.7 Å². The van der Waals surface area contributed by atoms with E-state index in [0.717, 1.165) is 0 Å². The van der Waals surface area contributed by atoms with Crippen molar-refractivity contribution in [2.45, 2.75) is 32.3 Å². The van der Waals surface area contributed by atoms with Crippen LogP contribution in [-0.4, -0.2) is 60.8 Å². The van der Waals surface area contributed by atoms with Gasteiger partial charge in [-0.15, -0.1) is 0 Å². The van der Waals surface area contributed by atoms with Crippen LogP contribution in [-0.2, 0) is 14.3 Å². The van der Waals surface area contributed by atoms with Gasteiger partial charge in [0.25, 0.3) is 0 Å². The molecule has 110 valence electrons. The zero-order chi connectivity index (χ0) is 14.5. The van der Waals surface area contributed by atoms with Crippen LogP contribution >= 0.6 is 0 Å². The summed E-state index contributed by atoms with van der Waals surface area (Å²) in [5.74, 6) is -0.494. The summed E-state index contributed by atoms with van der Waals surface area (Å²) in [6.45, 7) is 6.21. The molecule has 0 aromatic rings. The molecule has 0 aromatic carbocycles. The van der Waals surface area contributed by atoms with Crippen molar-refractivity contribution in [2.75, 3.05) is 33.3 Å². The minimum atomic E-state index is -1.08. The van der Waals surface area contributed by atoms with Gasteiger partial charge in [0.1, 0.15) is 0 Å². The number of likely N-dealkylation sites (tertiary alicyclic amines) is 1. The lowest BCUT2D eigenvalue weighted by Gasteiger charge is -2.37. The summed E-state index contributed by atoms with van der Waals surface area (Å²) in [4.78, 5) is 24.8. The monoisotopic (exact) mass is 272 g/mol. The Hall–Kier alpha value is -1.14. The first-order valence-corrected chi connectivity index (χ1v) is 6.67. The molecule has 1 rings (SSSR count). The highest BCUT2D eigenvalue weighted by Crippen LogP contribution is 2.25. The van der Waals surface area contributed by atoms with Gasteiger partial charge in [0, 0.05) is 26.7 Å². The van der Waals surface area contributed by atoms with Crippen LogP contribution in [0, 0.1) is 5.92 Å². The molecule has 0 aliphatic carbocycles. The Kier molecular flexibility index (Phi) is 5.75. The molecule has 0 radical (unpaired) electrons. The molecule has 6 nitrogen and oxygen atoms in total. The van der Waals surface area contributed by atoms with Gasteiger partial charge in [0.15, 0.2) is 5.60 Å². The van der Waals surface area contributed by atoms with Gasteiger partial charge in [-0.1, -0.05) is 13.8 Å². The second kappa shape index (κ2) is 6.86. The van der Waals surface area contributed by atoms with E-state index >= 15 is 0 Å². The Labute approximate surface area is 114 Å². The molecule has 1 aliphatic heterocycles. The van der Waals surface area contributed by atoms with Gasteiger partial charge in [0.05, 0.1) is 6.54 Å². The molecule has 0 aromatic heterocycles. The van der Waals surface area contributed by atoms with E-state index in [-0.39, 0.29) is 5.91 Å². The first-order chi connectivity index (χ1) is 8.89. The maximum atomic E-state index is 11.7. The summed E-state index contributed by atoms with van der Waals surface area (Å²) >= 11 is 0. The fraction of sp³-hybridized carbons (Fsp3) is 0.846. The average molecular weight is 272 g/mol. The second-order valence-electron chi connectivity index (χ2n) is 5.48. The Balaban J connectivity index is 2.38. The molecule has 1 fully saturated rings. The van der Waals surface area contributed by atoms with Gasteiger partial charge in [-0.3, -0.25) is 9.69 Å². The molecule has 1 saturated heterocycles. The molecule has 0 atom stereocenters. The molecular weight excluding hydrogens is 248 g/mol. The summed E-state index contributed by atoms with van der Waals surface area (Å²) in [5, 5.41) is 12.0. The van der Waals surface area contributed by atoms with Gasteiger partial charge in [-0.25, -0.2) is 4.79 Å². The van der Waals surface area contributed by atoms with Crippen molar-refractivity contribution in [3.8, 4) is 0 Å². The van der Waals surface area contributed by atoms with Crippen LogP contribution in [0.25, 0.3) is 0 Å². The molecule has 2 N–H and O–H groups in total. The van der Waals surface area contributed by atoms with Crippen molar-refractivity contribution in [3.05, 3.63) is 0 Å². The fourth-order valence-electron chi connectivity index (χ4n) is 2.15. The minimum Gasteiger partial charge on any atom is -0.479 e. The van der Waals surface area contributed by atoms with Crippen molar-refractivity contribution in [2.24, 2.45) is 5.92 Å². The zero-order valence-corrected chi connectivity index (χ0v) is 11.9. The van der Waals surface area contributed by atoms with Crippen molar-refractivity contribution in [3.63, 3.8) is 0 Å². The number of nitrogens with zero attached hydrogens (tertiary/aromatic N) is 1. The summed E-state index contributed by atoms with van der Waals surface area (Å²) in [6.07, 6.45) is 0.826. The first-order valence-electron chi connectivity index (χ1n) is 6.67. The van der Waals surface area contributed by atoms with Crippen LogP contribution in [0.3, 0.4) is 0 Å². The van der Waals surface area contributed by atoms with Crippen LogP contribution in [0.1, 0.15) is 26.7 Å². The molecule has 1 aliphatic rings. The maximum absolute atomic E-state index is 11.7. The Morgan fingerprint density at radius 2 is 1.95 bits per heavy atom. The van der Waals surface area contributed by atoms with Crippen LogP contribution in [0.15, 0.2) is 0 Å². The van der Waals surface area contributed by atoms with E-state index in [2.05, 4.69) is 5.32 Å². The number of nitrogens with one attached hydrogen (secondary N) is 1. The third-order valence-corrected chi connectivity index (χ3v) is 3.52. The van der Waals surface area contributed by atoms with Crippen molar-refractivity contribution < 1.29 is 19.4 Å². The van der Waals surface area contributed by atoms with Crippen LogP contribution in [0.4, 0.5) is 0 Å². The number of carboxylic acid groups (broad SMARTS) is 1. The smallest absolute Gasteiger partial charge is 0.336 e. The number of rotatable bonds is 6. The summed E-state index contributed by atoms with van der Waals surface area (Å²) < 4.78 is 5.15. The molecule has 0 spiro atoms. The van der Waals surface area contributed by atoms with Gasteiger partial charge >= 0.3 is 5.97 Å². The highest BCUT2D eigenvalue weighted by Gasteiger charge is 2.41. The maximum Gasteiger partial charge on any atom is 0.336 e. The van der Waals surface area contributed by atoms with Crippen molar-refractivity contribution in [1.82, 2.24) is 10.2 Å². The van der Waals surface area contributed by atoms with E-state index in [4.69, 9.17) is 4.74 Å². The van der Waals surface area contributed by atoms with Crippen LogP contribution in [0.2, 0.25) is 0 Å². The van der Waals surface area contributed by atoms with E-state index in [0.29, 0.717) is 44.9 Å². The number of aliphatic carboxylic acids is 1. The summed E-state index contributed by atoms with van der Waals surface area (Å²) in [6, 6.07) is 0. The predicted octanol–water partition coefficient (Wildman–Crippen LogP) is 0.324. The zero-order valence-electron chi connectivity index (χ0n) is 11.9. The number of carbonyl (C=O) groups excluding carboxylic acids is 1. The number of hydrogen-bond donors (Lipinski definition) is 2. The third-order valence-electron chi connectivity index (χ3n) is 3.52. The number of carboxylic acids is 1. The van der Waals surface area contributed by atoms with Crippen molar-refractivity contribution in [1.29, 1.82) is 0 Å².